The third kappa shape index (κ3) is 4.46. The molecule has 0 atom stereocenters. The predicted molar refractivity (Wildman–Crippen MR) is 99.3 cm³/mol. The Hall–Kier alpha value is -2.79. The number of carbonyl (C=O) groups is 1. The summed E-state index contributed by atoms with van der Waals surface area (Å²) in [7, 11) is -4.26. The van der Waals surface area contributed by atoms with Crippen LogP contribution in [0.2, 0.25) is 0 Å². The van der Waals surface area contributed by atoms with Crippen LogP contribution in [0.1, 0.15) is 24.2 Å². The number of hydrogen-bond donors (Lipinski definition) is 2. The predicted octanol–water partition coefficient (Wildman–Crippen LogP) is 1.45. The highest BCUT2D eigenvalue weighted by Crippen LogP contribution is 2.34. The lowest BCUT2D eigenvalue weighted by Crippen LogP contribution is -2.39. The molecule has 0 radical (unpaired) electrons. The number of ether oxygens (including phenoxy) is 1. The molecule has 0 aliphatic carbocycles. The molecule has 1 aliphatic heterocycles. The monoisotopic (exact) mass is 427 g/mol. The molecular weight excluding hydrogens is 408 g/mol. The minimum Gasteiger partial charge on any atom is -0.474 e. The number of pyridine rings is 1. The Bertz CT molecular complexity index is 1050. The van der Waals surface area contributed by atoms with Crippen LogP contribution < -0.4 is 14.4 Å². The molecule has 11 heteroatoms. The maximum absolute atomic E-state index is 13.6. The number of anilines is 1. The van der Waals surface area contributed by atoms with E-state index in [2.05, 4.69) is 10.3 Å². The van der Waals surface area contributed by atoms with Crippen LogP contribution in [-0.2, 0) is 10.0 Å². The zero-order valence-electron chi connectivity index (χ0n) is 15.6. The number of aromatic nitrogens is 1. The van der Waals surface area contributed by atoms with Crippen LogP contribution in [-0.4, -0.2) is 49.7 Å². The summed E-state index contributed by atoms with van der Waals surface area (Å²) < 4.78 is 59.0. The first-order valence-electron chi connectivity index (χ1n) is 8.60. The van der Waals surface area contributed by atoms with Crippen molar-refractivity contribution in [3.8, 4) is 5.88 Å². The molecule has 1 amide bonds. The maximum Gasteiger partial charge on any atom is 0.264 e. The molecule has 8 nitrogen and oxygen atoms in total. The average molecular weight is 427 g/mol. The molecule has 0 bridgehead atoms. The number of amides is 1. The summed E-state index contributed by atoms with van der Waals surface area (Å²) in [5.74, 6) is -3.05. The maximum atomic E-state index is 13.6. The van der Waals surface area contributed by atoms with Gasteiger partial charge in [0.2, 0.25) is 5.88 Å². The van der Waals surface area contributed by atoms with Gasteiger partial charge in [-0.05, 0) is 38.1 Å². The first-order chi connectivity index (χ1) is 13.5. The van der Waals surface area contributed by atoms with Crippen molar-refractivity contribution in [3.05, 3.63) is 47.7 Å². The van der Waals surface area contributed by atoms with E-state index in [4.69, 9.17) is 4.74 Å². The molecule has 0 saturated heterocycles. The molecule has 0 fully saturated rings. The Kier molecular flexibility index (Phi) is 5.46. The van der Waals surface area contributed by atoms with Gasteiger partial charge in [-0.1, -0.05) is 0 Å². The van der Waals surface area contributed by atoms with Crippen LogP contribution in [0.25, 0.3) is 0 Å². The van der Waals surface area contributed by atoms with E-state index in [0.29, 0.717) is 6.07 Å². The minimum atomic E-state index is -4.26. The van der Waals surface area contributed by atoms with Crippen molar-refractivity contribution in [2.75, 3.05) is 24.0 Å². The molecule has 0 spiro atoms. The number of aliphatic hydroxyl groups is 1. The first kappa shape index (κ1) is 20.9. The lowest BCUT2D eigenvalue weighted by atomic mass is 10.1. The van der Waals surface area contributed by atoms with Crippen molar-refractivity contribution in [1.29, 1.82) is 0 Å². The van der Waals surface area contributed by atoms with Gasteiger partial charge in [-0.3, -0.25) is 9.10 Å². The highest BCUT2D eigenvalue weighted by atomic mass is 32.2. The third-order valence-corrected chi connectivity index (χ3v) is 5.87. The lowest BCUT2D eigenvalue weighted by Gasteiger charge is -2.30. The first-order valence-corrected chi connectivity index (χ1v) is 10.0. The van der Waals surface area contributed by atoms with Crippen LogP contribution in [0.4, 0.5) is 14.5 Å². The number of nitrogens with zero attached hydrogens (tertiary/aromatic N) is 2. The second kappa shape index (κ2) is 7.56. The molecule has 0 unspecified atom stereocenters. The molecule has 2 aromatic rings. The van der Waals surface area contributed by atoms with Gasteiger partial charge in [-0.2, -0.15) is 0 Å². The van der Waals surface area contributed by atoms with Gasteiger partial charge in [0, 0.05) is 12.7 Å². The van der Waals surface area contributed by atoms with Gasteiger partial charge in [-0.25, -0.2) is 22.2 Å². The van der Waals surface area contributed by atoms with Crippen molar-refractivity contribution in [1.82, 2.24) is 10.3 Å². The van der Waals surface area contributed by atoms with E-state index in [1.165, 1.54) is 26.1 Å². The largest absolute Gasteiger partial charge is 0.474 e. The molecule has 29 heavy (non-hydrogen) atoms. The number of fused-ring (bicyclic) bond motifs is 1. The van der Waals surface area contributed by atoms with E-state index >= 15 is 0 Å². The molecule has 2 N–H and O–H groups in total. The van der Waals surface area contributed by atoms with Gasteiger partial charge in [0.15, 0.2) is 11.6 Å². The van der Waals surface area contributed by atoms with Gasteiger partial charge >= 0.3 is 0 Å². The van der Waals surface area contributed by atoms with Crippen molar-refractivity contribution in [2.24, 2.45) is 0 Å². The van der Waals surface area contributed by atoms with Crippen molar-refractivity contribution < 1.29 is 31.8 Å². The minimum absolute atomic E-state index is 0.00288. The smallest absolute Gasteiger partial charge is 0.264 e. The van der Waals surface area contributed by atoms with Crippen LogP contribution in [0.3, 0.4) is 0 Å². The summed E-state index contributed by atoms with van der Waals surface area (Å²) in [4.78, 5) is 15.9. The van der Waals surface area contributed by atoms with E-state index < -0.39 is 38.1 Å². The van der Waals surface area contributed by atoms with E-state index in [-0.39, 0.29) is 36.8 Å². The van der Waals surface area contributed by atoms with Gasteiger partial charge in [0.25, 0.3) is 15.9 Å². The van der Waals surface area contributed by atoms with Gasteiger partial charge in [0.1, 0.15) is 12.3 Å². The molecule has 1 aromatic heterocycles. The van der Waals surface area contributed by atoms with Crippen molar-refractivity contribution >= 4 is 21.6 Å². The molecule has 1 aliphatic rings. The zero-order valence-corrected chi connectivity index (χ0v) is 16.5. The fourth-order valence-corrected chi connectivity index (χ4v) is 4.06. The number of benzene rings is 1. The summed E-state index contributed by atoms with van der Waals surface area (Å²) in [6.45, 7) is 2.89. The number of sulfonamides is 1. The van der Waals surface area contributed by atoms with Crippen LogP contribution >= 0.6 is 0 Å². The highest BCUT2D eigenvalue weighted by Gasteiger charge is 2.32. The van der Waals surface area contributed by atoms with Crippen molar-refractivity contribution in [2.45, 2.75) is 24.3 Å². The fraction of sp³-hybridized carbons (Fsp3) is 0.333. The van der Waals surface area contributed by atoms with E-state index in [1.54, 1.807) is 0 Å². The van der Waals surface area contributed by atoms with Gasteiger partial charge in [-0.15, -0.1) is 0 Å². The van der Waals surface area contributed by atoms with E-state index in [0.717, 1.165) is 16.4 Å². The normalized spacial score (nSPS) is 14.2. The zero-order chi connectivity index (χ0) is 21.4. The van der Waals surface area contributed by atoms with Gasteiger partial charge < -0.3 is 15.2 Å². The summed E-state index contributed by atoms with van der Waals surface area (Å²) in [6, 6.07) is 3.55. The highest BCUT2D eigenvalue weighted by molar-refractivity contribution is 7.92. The molecule has 3 rings (SSSR count). The Morgan fingerprint density at radius 1 is 1.31 bits per heavy atom. The summed E-state index contributed by atoms with van der Waals surface area (Å²) >= 11 is 0. The number of nitrogens with one attached hydrogen (secondary N) is 1. The number of rotatable bonds is 5. The lowest BCUT2D eigenvalue weighted by molar-refractivity contribution is 0.0694. The van der Waals surface area contributed by atoms with Crippen molar-refractivity contribution in [3.63, 3.8) is 0 Å². The quantitative estimate of drug-likeness (QED) is 0.748. The molecule has 1 aromatic carbocycles. The third-order valence-electron chi connectivity index (χ3n) is 4.06. The second-order valence-corrected chi connectivity index (χ2v) is 8.91. The fourth-order valence-electron chi connectivity index (χ4n) is 2.61. The second-order valence-electron chi connectivity index (χ2n) is 7.04. The number of halogens is 2. The summed E-state index contributed by atoms with van der Waals surface area (Å²) in [6.07, 6.45) is 1.21. The number of hydrogen-bond acceptors (Lipinski definition) is 6. The summed E-state index contributed by atoms with van der Waals surface area (Å²) in [5.41, 5.74) is -1.09. The molecular formula is C18H19F2N3O5S. The Morgan fingerprint density at radius 2 is 2.03 bits per heavy atom. The molecule has 2 heterocycles. The summed E-state index contributed by atoms with van der Waals surface area (Å²) in [5, 5.41) is 12.2. The van der Waals surface area contributed by atoms with E-state index in [1.807, 2.05) is 0 Å². The SMILES string of the molecule is CC(C)(O)CNC(=O)c1cnc2c(c1)N(S(=O)(=O)c1ccc(F)c(F)c1)CCO2. The molecule has 156 valence electrons. The average Bonchev–Trinajstić information content (AvgIpc) is 2.66. The standard InChI is InChI=1S/C18H19F2N3O5S/c1-18(2,25)10-22-16(24)11-7-15-17(21-9-11)28-6-5-23(15)29(26,27)12-3-4-13(19)14(20)8-12/h3-4,7-9,25H,5-6,10H2,1-2H3,(H,22,24). The Labute approximate surface area is 166 Å². The Balaban J connectivity index is 1.96. The van der Waals surface area contributed by atoms with Gasteiger partial charge in [0.05, 0.1) is 22.6 Å². The van der Waals surface area contributed by atoms with Crippen LogP contribution in [0, 0.1) is 11.6 Å². The van der Waals surface area contributed by atoms with Crippen LogP contribution in [0.5, 0.6) is 5.88 Å². The van der Waals surface area contributed by atoms with Crippen LogP contribution in [0.15, 0.2) is 35.4 Å². The topological polar surface area (TPSA) is 109 Å². The number of carbonyl (C=O) groups excluding carboxylic acids is 1. The Morgan fingerprint density at radius 3 is 2.69 bits per heavy atom. The molecule has 0 saturated carbocycles. The van der Waals surface area contributed by atoms with E-state index in [9.17, 15) is 27.1 Å².